The zero-order chi connectivity index (χ0) is 12.5. The molecule has 0 amide bonds. The molecule has 0 aliphatic rings. The summed E-state index contributed by atoms with van der Waals surface area (Å²) in [6.45, 7) is 0.225. The van der Waals surface area contributed by atoms with Gasteiger partial charge in [-0.25, -0.2) is 4.98 Å². The van der Waals surface area contributed by atoms with Crippen molar-refractivity contribution in [1.82, 2.24) is 14.8 Å². The Bertz CT molecular complexity index is 518. The first-order chi connectivity index (χ1) is 7.95. The molecule has 7 heteroatoms. The first kappa shape index (κ1) is 11.4. The molecule has 0 radical (unpaired) electrons. The fourth-order valence-electron chi connectivity index (χ4n) is 1.38. The Morgan fingerprint density at radius 1 is 1.29 bits per heavy atom. The number of aromatic nitrogens is 3. The van der Waals surface area contributed by atoms with Gasteiger partial charge in [-0.3, -0.25) is 4.68 Å². The van der Waals surface area contributed by atoms with Crippen LogP contribution in [-0.4, -0.2) is 14.8 Å². The molecule has 90 valence electrons. The van der Waals surface area contributed by atoms with Crippen LogP contribution in [0.1, 0.15) is 11.3 Å². The van der Waals surface area contributed by atoms with Gasteiger partial charge in [0.05, 0.1) is 6.54 Å². The predicted molar refractivity (Wildman–Crippen MR) is 55.0 cm³/mol. The van der Waals surface area contributed by atoms with Crippen molar-refractivity contribution in [2.45, 2.75) is 12.7 Å². The van der Waals surface area contributed by atoms with Crippen LogP contribution in [0, 0.1) is 0 Å². The maximum absolute atomic E-state index is 12.3. The van der Waals surface area contributed by atoms with E-state index in [0.29, 0.717) is 5.82 Å². The van der Waals surface area contributed by atoms with Crippen LogP contribution in [-0.2, 0) is 12.7 Å². The van der Waals surface area contributed by atoms with Gasteiger partial charge in [-0.2, -0.15) is 18.3 Å². The van der Waals surface area contributed by atoms with E-state index in [4.69, 9.17) is 5.73 Å². The molecule has 0 bridgehead atoms. The Morgan fingerprint density at radius 3 is 2.65 bits per heavy atom. The molecule has 2 aromatic heterocycles. The summed E-state index contributed by atoms with van der Waals surface area (Å²) in [6.07, 6.45) is -1.64. The van der Waals surface area contributed by atoms with Crippen molar-refractivity contribution in [2.75, 3.05) is 5.73 Å². The molecule has 0 saturated carbocycles. The molecule has 17 heavy (non-hydrogen) atoms. The van der Waals surface area contributed by atoms with Crippen molar-refractivity contribution in [3.8, 4) is 0 Å². The second-order valence-corrected chi connectivity index (χ2v) is 3.49. The third-order valence-corrected chi connectivity index (χ3v) is 2.12. The van der Waals surface area contributed by atoms with Gasteiger partial charge in [0.2, 0.25) is 0 Å². The largest absolute Gasteiger partial charge is 0.435 e. The summed E-state index contributed by atoms with van der Waals surface area (Å²) in [7, 11) is 0. The predicted octanol–water partition coefficient (Wildman–Crippen LogP) is 1.93. The number of rotatable bonds is 2. The van der Waals surface area contributed by atoms with Crippen molar-refractivity contribution >= 4 is 5.82 Å². The van der Waals surface area contributed by atoms with Crippen LogP contribution in [0.4, 0.5) is 19.0 Å². The maximum atomic E-state index is 12.3. The highest BCUT2D eigenvalue weighted by Gasteiger charge is 2.33. The topological polar surface area (TPSA) is 56.7 Å². The number of anilines is 1. The molecule has 0 fully saturated rings. The lowest BCUT2D eigenvalue weighted by molar-refractivity contribution is -0.141. The molecule has 0 aromatic carbocycles. The third-order valence-electron chi connectivity index (χ3n) is 2.12. The quantitative estimate of drug-likeness (QED) is 0.875. The second-order valence-electron chi connectivity index (χ2n) is 3.49. The van der Waals surface area contributed by atoms with E-state index in [1.165, 1.54) is 17.1 Å². The highest BCUT2D eigenvalue weighted by molar-refractivity contribution is 5.31. The summed E-state index contributed by atoms with van der Waals surface area (Å²) in [6, 6.07) is 4.20. The van der Waals surface area contributed by atoms with Crippen LogP contribution in [0.3, 0.4) is 0 Å². The molecule has 2 heterocycles. The average Bonchev–Trinajstić information content (AvgIpc) is 2.65. The molecule has 2 N–H and O–H groups in total. The molecule has 2 rings (SSSR count). The molecule has 0 aliphatic heterocycles. The first-order valence-corrected chi connectivity index (χ1v) is 4.76. The van der Waals surface area contributed by atoms with Crippen molar-refractivity contribution in [2.24, 2.45) is 0 Å². The Kier molecular flexibility index (Phi) is 2.74. The van der Waals surface area contributed by atoms with Crippen LogP contribution in [0.25, 0.3) is 0 Å². The van der Waals surface area contributed by atoms with E-state index in [1.807, 2.05) is 0 Å². The Hall–Kier alpha value is -2.05. The standard InChI is InChI=1S/C10H9F3N4/c11-10(12,13)8-2-4-17(16-8)6-7-1-3-15-9(14)5-7/h1-5H,6H2,(H2,14,15). The smallest absolute Gasteiger partial charge is 0.384 e. The second kappa shape index (κ2) is 4.08. The van der Waals surface area contributed by atoms with Gasteiger partial charge in [-0.05, 0) is 23.8 Å². The van der Waals surface area contributed by atoms with E-state index in [-0.39, 0.29) is 6.54 Å². The summed E-state index contributed by atoms with van der Waals surface area (Å²) in [5, 5.41) is 3.44. The first-order valence-electron chi connectivity index (χ1n) is 4.76. The zero-order valence-electron chi connectivity index (χ0n) is 8.65. The van der Waals surface area contributed by atoms with Crippen LogP contribution >= 0.6 is 0 Å². The lowest BCUT2D eigenvalue weighted by atomic mass is 10.2. The Morgan fingerprint density at radius 2 is 2.06 bits per heavy atom. The zero-order valence-corrected chi connectivity index (χ0v) is 8.65. The van der Waals surface area contributed by atoms with Crippen molar-refractivity contribution in [3.63, 3.8) is 0 Å². The third kappa shape index (κ3) is 2.74. The molecule has 0 saturated heterocycles. The highest BCUT2D eigenvalue weighted by Crippen LogP contribution is 2.27. The lowest BCUT2D eigenvalue weighted by Crippen LogP contribution is -2.08. The Balaban J connectivity index is 2.17. The van der Waals surface area contributed by atoms with Gasteiger partial charge in [-0.15, -0.1) is 0 Å². The van der Waals surface area contributed by atoms with Gasteiger partial charge >= 0.3 is 6.18 Å². The van der Waals surface area contributed by atoms with Crippen LogP contribution in [0.15, 0.2) is 30.6 Å². The molecule has 0 aliphatic carbocycles. The monoisotopic (exact) mass is 242 g/mol. The van der Waals surface area contributed by atoms with Gasteiger partial charge in [0.15, 0.2) is 5.69 Å². The summed E-state index contributed by atoms with van der Waals surface area (Å²) >= 11 is 0. The van der Waals surface area contributed by atoms with Gasteiger partial charge < -0.3 is 5.73 Å². The normalized spacial score (nSPS) is 11.7. The SMILES string of the molecule is Nc1cc(Cn2ccc(C(F)(F)F)n2)ccn1. The summed E-state index contributed by atoms with van der Waals surface area (Å²) in [5.41, 5.74) is 5.31. The summed E-state index contributed by atoms with van der Waals surface area (Å²) in [4.78, 5) is 3.79. The minimum absolute atomic E-state index is 0.225. The van der Waals surface area contributed by atoms with Gasteiger partial charge in [-0.1, -0.05) is 0 Å². The van der Waals surface area contributed by atoms with Gasteiger partial charge in [0.25, 0.3) is 0 Å². The molecular formula is C10H9F3N4. The number of nitrogen functional groups attached to an aromatic ring is 1. The molecule has 4 nitrogen and oxygen atoms in total. The van der Waals surface area contributed by atoms with Crippen molar-refractivity contribution < 1.29 is 13.2 Å². The molecule has 0 spiro atoms. The summed E-state index contributed by atoms with van der Waals surface area (Å²) in [5.74, 6) is 0.325. The van der Waals surface area contributed by atoms with E-state index >= 15 is 0 Å². The van der Waals surface area contributed by atoms with E-state index in [0.717, 1.165) is 11.6 Å². The number of hydrogen-bond acceptors (Lipinski definition) is 3. The van der Waals surface area contributed by atoms with Gasteiger partial charge in [0.1, 0.15) is 5.82 Å². The number of pyridine rings is 1. The fraction of sp³-hybridized carbons (Fsp3) is 0.200. The maximum Gasteiger partial charge on any atom is 0.435 e. The van der Waals surface area contributed by atoms with E-state index in [9.17, 15) is 13.2 Å². The number of nitrogens with two attached hydrogens (primary N) is 1. The van der Waals surface area contributed by atoms with E-state index in [2.05, 4.69) is 10.1 Å². The van der Waals surface area contributed by atoms with Crippen LogP contribution in [0.2, 0.25) is 0 Å². The highest BCUT2D eigenvalue weighted by atomic mass is 19.4. The van der Waals surface area contributed by atoms with Crippen LogP contribution < -0.4 is 5.73 Å². The minimum atomic E-state index is -4.41. The molecule has 0 unspecified atom stereocenters. The average molecular weight is 242 g/mol. The van der Waals surface area contributed by atoms with E-state index < -0.39 is 11.9 Å². The number of hydrogen-bond donors (Lipinski definition) is 1. The number of nitrogens with zero attached hydrogens (tertiary/aromatic N) is 3. The van der Waals surface area contributed by atoms with E-state index in [1.54, 1.807) is 12.1 Å². The van der Waals surface area contributed by atoms with Crippen molar-refractivity contribution in [3.05, 3.63) is 41.9 Å². The molecular weight excluding hydrogens is 233 g/mol. The number of halogens is 3. The lowest BCUT2D eigenvalue weighted by Gasteiger charge is -2.03. The number of alkyl halides is 3. The fourth-order valence-corrected chi connectivity index (χ4v) is 1.38. The van der Waals surface area contributed by atoms with Gasteiger partial charge in [0, 0.05) is 12.4 Å². The Labute approximate surface area is 94.9 Å². The molecule has 2 aromatic rings. The minimum Gasteiger partial charge on any atom is -0.384 e. The molecule has 0 atom stereocenters. The van der Waals surface area contributed by atoms with Crippen LogP contribution in [0.5, 0.6) is 0 Å². The summed E-state index contributed by atoms with van der Waals surface area (Å²) < 4.78 is 38.1. The van der Waals surface area contributed by atoms with Crippen molar-refractivity contribution in [1.29, 1.82) is 0 Å².